The first-order valence-electron chi connectivity index (χ1n) is 50.5. The maximum Gasteiger partial charge on any atom is 0.296 e. The minimum Gasteiger partial charge on any atom is -0.255 e. The molecule has 10 heteroatoms. The van der Waals surface area contributed by atoms with Crippen LogP contribution in [0.1, 0.15) is 200 Å². The van der Waals surface area contributed by atoms with Gasteiger partial charge in [-0.25, -0.2) is 18.3 Å². The Balaban J connectivity index is 0.000000126. The van der Waals surface area contributed by atoms with Gasteiger partial charge >= 0.3 is 0 Å². The molecule has 0 amide bonds. The zero-order valence-electron chi connectivity index (χ0n) is 86.7. The average molecular weight is 1800 g/mol. The van der Waals surface area contributed by atoms with Gasteiger partial charge in [0, 0.05) is 67.0 Å². The summed E-state index contributed by atoms with van der Waals surface area (Å²) in [6.45, 7) is 54.8. The number of hydrogen-bond acceptors (Lipinski definition) is 2. The number of aromatic nitrogens is 10. The molecule has 0 atom stereocenters. The maximum atomic E-state index is 4.93. The minimum absolute atomic E-state index is 0.597. The van der Waals surface area contributed by atoms with E-state index in [0.717, 1.165) is 62.4 Å². The summed E-state index contributed by atoms with van der Waals surface area (Å²) in [5.74, 6) is 4.96. The summed E-state index contributed by atoms with van der Waals surface area (Å²) in [6.07, 6.45) is 22.2. The molecule has 0 aliphatic rings. The van der Waals surface area contributed by atoms with Gasteiger partial charge in [-0.05, 0) is 304 Å². The van der Waals surface area contributed by atoms with Gasteiger partial charge in [-0.2, -0.15) is 17.6 Å². The molecule has 0 saturated heterocycles. The minimum atomic E-state index is 0.597. The lowest BCUT2D eigenvalue weighted by molar-refractivity contribution is -0.643. The van der Waals surface area contributed by atoms with Crippen LogP contribution in [0.15, 0.2) is 231 Å². The molecule has 136 heavy (non-hydrogen) atoms. The molecule has 0 N–H and O–H groups in total. The Morgan fingerprint density at radius 1 is 0.272 bits per heavy atom. The van der Waals surface area contributed by atoms with Crippen molar-refractivity contribution in [1.82, 2.24) is 27.9 Å². The largest absolute Gasteiger partial charge is 0.296 e. The summed E-state index contributed by atoms with van der Waals surface area (Å²) in [6, 6.07) is 72.6. The number of pyridine rings is 6. The van der Waals surface area contributed by atoms with Crippen LogP contribution in [0, 0.1) is 103 Å². The van der Waals surface area contributed by atoms with Crippen molar-refractivity contribution < 1.29 is 17.9 Å². The molecule has 0 aliphatic carbocycles. The fourth-order valence-electron chi connectivity index (χ4n) is 22.3. The molecule has 0 aliphatic heterocycles. The van der Waals surface area contributed by atoms with Crippen molar-refractivity contribution in [3.8, 4) is 45.0 Å². The standard InChI is InChI=1S/2C32H37N2.2C31H36N3/c1-20(2)17-24-11-10-12-25(18-21(3)4)31(24)29-19-33(7)32-30-23(6)22(5)15-16-27(30)26-13-8-9-14-28(26)34(29)32;1-20(2)14-24-16-25(15-21(3)4)18-26(17-24)30-19-34-29-11-9-8-10-27(29)28-13-12-22(5)23(6)31(28)32(34)33(30)7;1-19(2)15-23-11-10-12-24(16-20(3)4)29(23)27-18-33(7)31-28-22(6)21(5)17-32-30(28)25-13-8-9-14-26(25)34(27)31;1-19(2)12-23-14-24(13-20(3)4)16-25(15-23)28-18-34-27-11-9-8-10-26(27)30-29(31(34)33(28)7)22(6)21(5)17-32-30/h8-16,19-21H,17-18H2,1-7H3;8-13,16-21H,14-15H2,1-7H3;8-14,17-20H,15-16H2,1-7H3;8-11,14-20H,12-13H2,1-7H3/q4*+1. The topological polar surface area (TPSA) is 60.4 Å². The fraction of sp³-hybridized carbons (Fsp3) is 0.349. The van der Waals surface area contributed by atoms with Crippen LogP contribution in [0.25, 0.3) is 155 Å². The van der Waals surface area contributed by atoms with Crippen molar-refractivity contribution in [2.24, 2.45) is 75.5 Å². The van der Waals surface area contributed by atoms with Gasteiger partial charge in [0.2, 0.25) is 0 Å². The molecule has 0 spiro atoms. The van der Waals surface area contributed by atoms with Crippen molar-refractivity contribution in [2.45, 2.75) is 218 Å². The number of aryl methyl sites for hydroxylation is 12. The second-order valence-corrected chi connectivity index (χ2v) is 43.4. The van der Waals surface area contributed by atoms with Crippen LogP contribution in [-0.2, 0) is 79.6 Å². The number of fused-ring (bicyclic) bond motifs is 24. The SMILES string of the molecule is Cc1ccc2c3ccccc3[n+]3cc(-c4cc(CC(C)C)cc(CC(C)C)c4)n(C)c3c2c1C.Cc1ccc2c3ccccc3n3c(-c4c(CC(C)C)cccc4CC(C)C)c[n+](C)c3c2c1C.Cc1cnc2c3ccccc3[n+]3cc(-c4cc(CC(C)C)cc(CC(C)C)c4)n(C)c3c2c1C.Cc1cnc2c3ccccc3n3c(-c4c(CC(C)C)cccc4CC(C)C)c[n+](C)c3c2c1C. The van der Waals surface area contributed by atoms with E-state index in [2.05, 4.69) is 449 Å². The first kappa shape index (κ1) is 95.1. The van der Waals surface area contributed by atoms with Crippen LogP contribution in [-0.4, -0.2) is 27.9 Å². The van der Waals surface area contributed by atoms with Crippen LogP contribution < -0.4 is 17.9 Å². The van der Waals surface area contributed by atoms with Gasteiger partial charge in [0.15, 0.2) is 22.8 Å². The fourth-order valence-corrected chi connectivity index (χ4v) is 22.3. The Kier molecular flexibility index (Phi) is 27.2. The number of hydrogen-bond donors (Lipinski definition) is 0. The van der Waals surface area contributed by atoms with Gasteiger partial charge in [0.05, 0.1) is 60.8 Å². The van der Waals surface area contributed by atoms with Gasteiger partial charge in [0.25, 0.3) is 22.6 Å². The normalized spacial score (nSPS) is 12.1. The van der Waals surface area contributed by atoms with Crippen LogP contribution in [0.5, 0.6) is 0 Å². The highest BCUT2D eigenvalue weighted by molar-refractivity contribution is 6.15. The molecule has 10 aromatic carbocycles. The molecular formula is C126H146N10+4. The third kappa shape index (κ3) is 18.1. The first-order chi connectivity index (χ1) is 65.0. The van der Waals surface area contributed by atoms with E-state index in [1.54, 1.807) is 0 Å². The summed E-state index contributed by atoms with van der Waals surface area (Å²) >= 11 is 0. The molecule has 0 fully saturated rings. The zero-order chi connectivity index (χ0) is 96.6. The van der Waals surface area contributed by atoms with Gasteiger partial charge in [-0.15, -0.1) is 0 Å². The number of imidazole rings is 4. The quantitative estimate of drug-likeness (QED) is 0.0564. The summed E-state index contributed by atoms with van der Waals surface area (Å²) in [5.41, 5.74) is 44.7. The lowest BCUT2D eigenvalue weighted by Gasteiger charge is -2.16. The molecular weight excluding hydrogens is 1650 g/mol. The summed E-state index contributed by atoms with van der Waals surface area (Å²) in [7, 11) is 8.83. The van der Waals surface area contributed by atoms with Gasteiger partial charge in [-0.1, -0.05) is 244 Å². The van der Waals surface area contributed by atoms with E-state index in [-0.39, 0.29) is 0 Å². The number of nitrogens with zero attached hydrogens (tertiary/aromatic N) is 10. The molecule has 20 rings (SSSR count). The number of para-hydroxylation sites is 4. The van der Waals surface area contributed by atoms with E-state index in [0.29, 0.717) is 47.3 Å². The second-order valence-electron chi connectivity index (χ2n) is 43.4. The highest BCUT2D eigenvalue weighted by Crippen LogP contribution is 2.43. The highest BCUT2D eigenvalue weighted by Gasteiger charge is 2.34. The van der Waals surface area contributed by atoms with E-state index in [4.69, 9.17) is 9.97 Å². The first-order valence-corrected chi connectivity index (χ1v) is 50.5. The van der Waals surface area contributed by atoms with Crippen molar-refractivity contribution in [2.75, 3.05) is 0 Å². The van der Waals surface area contributed by atoms with E-state index < -0.39 is 0 Å². The summed E-state index contributed by atoms with van der Waals surface area (Å²) in [4.78, 5) is 9.84. The molecule has 10 heterocycles. The van der Waals surface area contributed by atoms with Crippen molar-refractivity contribution in [1.29, 1.82) is 0 Å². The van der Waals surface area contributed by atoms with E-state index in [1.807, 2.05) is 12.4 Å². The van der Waals surface area contributed by atoms with Gasteiger partial charge in [0.1, 0.15) is 46.9 Å². The Morgan fingerprint density at radius 2 is 0.581 bits per heavy atom. The Bertz CT molecular complexity index is 7430. The monoisotopic (exact) mass is 1800 g/mol. The Morgan fingerprint density at radius 3 is 0.985 bits per heavy atom. The second kappa shape index (κ2) is 38.8. The molecule has 0 radical (unpaired) electrons. The third-order valence-electron chi connectivity index (χ3n) is 28.5. The molecule has 10 aromatic heterocycles. The predicted molar refractivity (Wildman–Crippen MR) is 578 cm³/mol. The highest BCUT2D eigenvalue weighted by atomic mass is 15.1. The lowest BCUT2D eigenvalue weighted by atomic mass is 9.89. The molecule has 10 nitrogen and oxygen atoms in total. The smallest absolute Gasteiger partial charge is 0.255 e. The van der Waals surface area contributed by atoms with Crippen LogP contribution >= 0.6 is 0 Å². The molecule has 0 bridgehead atoms. The summed E-state index contributed by atoms with van der Waals surface area (Å²) < 4.78 is 19.3. The van der Waals surface area contributed by atoms with E-state index in [1.165, 1.54) is 233 Å². The maximum absolute atomic E-state index is 4.93. The van der Waals surface area contributed by atoms with Gasteiger partial charge < -0.3 is 0 Å². The van der Waals surface area contributed by atoms with Gasteiger partial charge in [-0.3, -0.25) is 9.97 Å². The van der Waals surface area contributed by atoms with E-state index >= 15 is 0 Å². The van der Waals surface area contributed by atoms with Crippen molar-refractivity contribution >= 4 is 110 Å². The average Bonchev–Trinajstić information content (AvgIpc) is 1.54. The molecule has 0 unspecified atom stereocenters. The lowest BCUT2D eigenvalue weighted by Crippen LogP contribution is -2.26. The number of benzene rings is 10. The Labute approximate surface area is 808 Å². The van der Waals surface area contributed by atoms with Crippen molar-refractivity contribution in [3.05, 3.63) is 320 Å². The van der Waals surface area contributed by atoms with E-state index in [9.17, 15) is 0 Å². The number of rotatable bonds is 20. The predicted octanol–water partition coefficient (Wildman–Crippen LogP) is 29.8. The molecule has 696 valence electrons. The van der Waals surface area contributed by atoms with Crippen LogP contribution in [0.4, 0.5) is 0 Å². The van der Waals surface area contributed by atoms with Crippen LogP contribution in [0.2, 0.25) is 0 Å². The third-order valence-corrected chi connectivity index (χ3v) is 28.5. The molecule has 0 saturated carbocycles. The summed E-state index contributed by atoms with van der Waals surface area (Å²) in [5, 5.41) is 12.9. The Hall–Kier alpha value is -12.7. The zero-order valence-corrected chi connectivity index (χ0v) is 86.7. The van der Waals surface area contributed by atoms with Crippen molar-refractivity contribution in [3.63, 3.8) is 0 Å². The van der Waals surface area contributed by atoms with Crippen LogP contribution in [0.3, 0.4) is 0 Å². The molecule has 20 aromatic rings.